The highest BCUT2D eigenvalue weighted by Gasteiger charge is 2.39. The molecule has 2 aromatic rings. The highest BCUT2D eigenvalue weighted by atomic mass is 16.5. The van der Waals surface area contributed by atoms with Crippen LogP contribution in [-0.4, -0.2) is 52.8 Å². The quantitative estimate of drug-likeness (QED) is 0.538. The number of fused-ring (bicyclic) bond motifs is 1. The van der Waals surface area contributed by atoms with Crippen LogP contribution in [-0.2, 0) is 29.2 Å². The van der Waals surface area contributed by atoms with Crippen molar-refractivity contribution >= 4 is 17.7 Å². The fourth-order valence-corrected chi connectivity index (χ4v) is 4.59. The van der Waals surface area contributed by atoms with Gasteiger partial charge in [0.05, 0.1) is 5.69 Å². The van der Waals surface area contributed by atoms with Crippen LogP contribution in [0.25, 0.3) is 0 Å². The summed E-state index contributed by atoms with van der Waals surface area (Å²) in [5.41, 5.74) is 3.40. The first-order chi connectivity index (χ1) is 16.1. The molecule has 3 N–H and O–H groups in total. The van der Waals surface area contributed by atoms with Gasteiger partial charge in [-0.1, -0.05) is 12.1 Å². The Morgan fingerprint density at radius 2 is 2.03 bits per heavy atom. The number of benzene rings is 1. The van der Waals surface area contributed by atoms with E-state index in [0.717, 1.165) is 42.1 Å². The molecule has 2 atom stereocenters. The van der Waals surface area contributed by atoms with Crippen LogP contribution in [0.4, 0.5) is 0 Å². The summed E-state index contributed by atoms with van der Waals surface area (Å²) in [6.07, 6.45) is 3.59. The van der Waals surface area contributed by atoms with Gasteiger partial charge < -0.3 is 20.3 Å². The number of aromatic nitrogens is 1. The average Bonchev–Trinajstić information content (AvgIpc) is 3.42. The minimum atomic E-state index is -0.593. The van der Waals surface area contributed by atoms with E-state index in [2.05, 4.69) is 20.9 Å². The fraction of sp³-hybridized carbons (Fsp3) is 0.417. The Morgan fingerprint density at radius 3 is 2.85 bits per heavy atom. The van der Waals surface area contributed by atoms with Gasteiger partial charge in [0, 0.05) is 50.4 Å². The zero-order valence-electron chi connectivity index (χ0n) is 18.3. The number of nitrogens with zero attached hydrogens (tertiary/aromatic N) is 2. The van der Waals surface area contributed by atoms with Gasteiger partial charge in [-0.25, -0.2) is 0 Å². The lowest BCUT2D eigenvalue weighted by molar-refractivity contribution is -0.136. The van der Waals surface area contributed by atoms with Gasteiger partial charge in [-0.05, 0) is 42.6 Å². The minimum absolute atomic E-state index is 0.158. The Hall–Kier alpha value is -3.30. The zero-order valence-corrected chi connectivity index (χ0v) is 18.3. The second-order valence-corrected chi connectivity index (χ2v) is 8.71. The van der Waals surface area contributed by atoms with Gasteiger partial charge in [0.25, 0.3) is 5.91 Å². The number of ether oxygens (including phenoxy) is 1. The van der Waals surface area contributed by atoms with Gasteiger partial charge in [-0.3, -0.25) is 24.7 Å². The first-order valence-corrected chi connectivity index (χ1v) is 11.4. The topological polar surface area (TPSA) is 113 Å². The van der Waals surface area contributed by atoms with Crippen LogP contribution in [0.3, 0.4) is 0 Å². The second-order valence-electron chi connectivity index (χ2n) is 8.71. The number of carbonyl (C=O) groups excluding carboxylic acids is 3. The predicted octanol–water partition coefficient (Wildman–Crippen LogP) is 0.873. The van der Waals surface area contributed by atoms with E-state index >= 15 is 0 Å². The van der Waals surface area contributed by atoms with Crippen molar-refractivity contribution in [2.45, 2.75) is 51.0 Å². The third-order valence-electron chi connectivity index (χ3n) is 6.33. The number of nitrogens with one attached hydrogen (secondary N) is 3. The Bertz CT molecular complexity index is 1080. The van der Waals surface area contributed by atoms with E-state index in [-0.39, 0.29) is 24.3 Å². The van der Waals surface area contributed by atoms with Crippen molar-refractivity contribution < 1.29 is 19.1 Å². The predicted molar refractivity (Wildman–Crippen MR) is 119 cm³/mol. The third kappa shape index (κ3) is 4.74. The highest BCUT2D eigenvalue weighted by molar-refractivity contribution is 6.05. The number of carbonyl (C=O) groups is 3. The molecule has 5 rings (SSSR count). The second kappa shape index (κ2) is 9.29. The number of amides is 3. The minimum Gasteiger partial charge on any atom is -0.489 e. The summed E-state index contributed by atoms with van der Waals surface area (Å²) in [6.45, 7) is 3.40. The first-order valence-electron chi connectivity index (χ1n) is 11.4. The van der Waals surface area contributed by atoms with E-state index in [4.69, 9.17) is 4.74 Å². The van der Waals surface area contributed by atoms with Crippen molar-refractivity contribution in [1.82, 2.24) is 25.8 Å². The standard InChI is InChI=1S/C24H27N5O4/c30-22-4-3-21(23(31)28-22)29-14-16-2-1-15(9-20(16)24(29)32)11-26-12-17-10-18(6-8-27-17)33-19-5-7-25-13-19/h1-2,6,8-10,19,21,25-26H,3-5,7,11-14H2,(H,28,30,31). The summed E-state index contributed by atoms with van der Waals surface area (Å²) in [7, 11) is 0. The Balaban J connectivity index is 1.18. The van der Waals surface area contributed by atoms with Crippen LogP contribution in [0.2, 0.25) is 0 Å². The van der Waals surface area contributed by atoms with Crippen molar-refractivity contribution in [2.24, 2.45) is 0 Å². The van der Waals surface area contributed by atoms with Crippen molar-refractivity contribution in [3.8, 4) is 5.75 Å². The van der Waals surface area contributed by atoms with E-state index in [1.54, 1.807) is 11.1 Å². The smallest absolute Gasteiger partial charge is 0.255 e. The van der Waals surface area contributed by atoms with Gasteiger partial charge in [0.1, 0.15) is 17.9 Å². The molecule has 4 heterocycles. The number of imide groups is 1. The maximum Gasteiger partial charge on any atom is 0.255 e. The molecular weight excluding hydrogens is 422 g/mol. The van der Waals surface area contributed by atoms with Crippen LogP contribution >= 0.6 is 0 Å². The van der Waals surface area contributed by atoms with Crippen LogP contribution in [0, 0.1) is 0 Å². The van der Waals surface area contributed by atoms with E-state index in [1.807, 2.05) is 30.3 Å². The van der Waals surface area contributed by atoms with Crippen LogP contribution in [0.15, 0.2) is 36.5 Å². The summed E-state index contributed by atoms with van der Waals surface area (Å²) >= 11 is 0. The number of pyridine rings is 1. The Labute approximate surface area is 191 Å². The van der Waals surface area contributed by atoms with Gasteiger partial charge in [-0.15, -0.1) is 0 Å². The van der Waals surface area contributed by atoms with Crippen molar-refractivity contribution in [2.75, 3.05) is 13.1 Å². The van der Waals surface area contributed by atoms with E-state index in [1.165, 1.54) is 0 Å². The van der Waals surface area contributed by atoms with Crippen LogP contribution in [0.5, 0.6) is 5.75 Å². The van der Waals surface area contributed by atoms with Gasteiger partial charge in [-0.2, -0.15) is 0 Å². The molecule has 3 aliphatic rings. The molecule has 172 valence electrons. The number of rotatable bonds is 7. The number of hydrogen-bond donors (Lipinski definition) is 3. The summed E-state index contributed by atoms with van der Waals surface area (Å²) < 4.78 is 6.00. The van der Waals surface area contributed by atoms with E-state index < -0.39 is 11.9 Å². The number of piperidine rings is 1. The van der Waals surface area contributed by atoms with Crippen LogP contribution < -0.4 is 20.7 Å². The molecule has 0 bridgehead atoms. The van der Waals surface area contributed by atoms with Gasteiger partial charge in [0.15, 0.2) is 0 Å². The fourth-order valence-electron chi connectivity index (χ4n) is 4.59. The average molecular weight is 450 g/mol. The molecule has 0 aliphatic carbocycles. The normalized spacial score (nSPS) is 22.4. The molecule has 0 saturated carbocycles. The zero-order chi connectivity index (χ0) is 22.8. The molecule has 1 aromatic heterocycles. The lowest BCUT2D eigenvalue weighted by Gasteiger charge is -2.29. The highest BCUT2D eigenvalue weighted by Crippen LogP contribution is 2.28. The lowest BCUT2D eigenvalue weighted by atomic mass is 10.0. The Morgan fingerprint density at radius 1 is 1.12 bits per heavy atom. The van der Waals surface area contributed by atoms with Crippen LogP contribution in [0.1, 0.15) is 46.4 Å². The van der Waals surface area contributed by atoms with E-state index in [0.29, 0.717) is 31.6 Å². The molecule has 9 nitrogen and oxygen atoms in total. The Kier molecular flexibility index (Phi) is 6.06. The van der Waals surface area contributed by atoms with Crippen molar-refractivity contribution in [3.63, 3.8) is 0 Å². The summed E-state index contributed by atoms with van der Waals surface area (Å²) in [5.74, 6) is -0.00505. The molecule has 9 heteroatoms. The summed E-state index contributed by atoms with van der Waals surface area (Å²) in [5, 5.41) is 9.00. The molecule has 3 amide bonds. The third-order valence-corrected chi connectivity index (χ3v) is 6.33. The van der Waals surface area contributed by atoms with E-state index in [9.17, 15) is 14.4 Å². The lowest BCUT2D eigenvalue weighted by Crippen LogP contribution is -2.52. The molecule has 3 aliphatic heterocycles. The molecule has 0 spiro atoms. The molecular formula is C24H27N5O4. The van der Waals surface area contributed by atoms with Crippen molar-refractivity contribution in [1.29, 1.82) is 0 Å². The molecule has 1 aromatic carbocycles. The SMILES string of the molecule is O=C1CCC(N2Cc3ccc(CNCc4cc(OC5CCNC5)ccn4)cc3C2=O)C(=O)N1. The maximum absolute atomic E-state index is 13.0. The maximum atomic E-state index is 13.0. The molecule has 2 unspecified atom stereocenters. The molecule has 2 fully saturated rings. The molecule has 33 heavy (non-hydrogen) atoms. The van der Waals surface area contributed by atoms with Gasteiger partial charge in [0.2, 0.25) is 11.8 Å². The number of hydrogen-bond acceptors (Lipinski definition) is 7. The molecule has 2 saturated heterocycles. The van der Waals surface area contributed by atoms with Crippen molar-refractivity contribution in [3.05, 3.63) is 58.9 Å². The molecule has 0 radical (unpaired) electrons. The summed E-state index contributed by atoms with van der Waals surface area (Å²) in [6, 6.07) is 9.06. The first kappa shape index (κ1) is 21.5. The summed E-state index contributed by atoms with van der Waals surface area (Å²) in [4.78, 5) is 42.6. The van der Waals surface area contributed by atoms with Gasteiger partial charge >= 0.3 is 0 Å². The largest absolute Gasteiger partial charge is 0.489 e. The monoisotopic (exact) mass is 449 g/mol.